The van der Waals surface area contributed by atoms with Crippen LogP contribution in [0.5, 0.6) is 23.0 Å². The molecule has 1 saturated heterocycles. The summed E-state index contributed by atoms with van der Waals surface area (Å²) in [5.41, 5.74) is 2.16. The van der Waals surface area contributed by atoms with Crippen molar-refractivity contribution in [2.45, 2.75) is 25.4 Å². The van der Waals surface area contributed by atoms with Gasteiger partial charge in [0, 0.05) is 35.0 Å². The van der Waals surface area contributed by atoms with E-state index in [4.69, 9.17) is 22.4 Å². The predicted molar refractivity (Wildman–Crippen MR) is 145 cm³/mol. The second-order valence-electron chi connectivity index (χ2n) is 9.32. The summed E-state index contributed by atoms with van der Waals surface area (Å²) in [6.07, 6.45) is 2.27. The molecule has 10 nitrogen and oxygen atoms in total. The van der Waals surface area contributed by atoms with E-state index >= 15 is 8.78 Å². The van der Waals surface area contributed by atoms with Crippen LogP contribution in [0.15, 0.2) is 61.3 Å². The van der Waals surface area contributed by atoms with Crippen molar-refractivity contribution in [1.82, 2.24) is 29.5 Å². The lowest BCUT2D eigenvalue weighted by Gasteiger charge is -2.36. The molecular formula is C28H27F2N7O3. The van der Waals surface area contributed by atoms with Crippen LogP contribution in [0.3, 0.4) is 0 Å². The Kier molecular flexibility index (Phi) is 4.96. The number of hydrogen-bond donors (Lipinski definition) is 1. The van der Waals surface area contributed by atoms with E-state index in [1.807, 2.05) is 6.92 Å². The highest BCUT2D eigenvalue weighted by molar-refractivity contribution is 5.97. The third kappa shape index (κ3) is 4.93. The van der Waals surface area contributed by atoms with Gasteiger partial charge in [-0.3, -0.25) is 0 Å². The van der Waals surface area contributed by atoms with Gasteiger partial charge in [0.15, 0.2) is 23.3 Å². The number of likely N-dealkylation sites (tertiary alicyclic amines) is 1. The molecule has 5 aromatic rings. The monoisotopic (exact) mass is 553 g/mol. The second-order valence-corrected chi connectivity index (χ2v) is 9.32. The summed E-state index contributed by atoms with van der Waals surface area (Å²) in [7, 11) is -2.94. The van der Waals surface area contributed by atoms with E-state index in [0.29, 0.717) is 27.7 Å². The van der Waals surface area contributed by atoms with Gasteiger partial charge in [-0.05, 0) is 55.9 Å². The molecule has 2 aromatic carbocycles. The number of nitrogens with one attached hydrogen (secondary N) is 1. The van der Waals surface area contributed by atoms with Gasteiger partial charge < -0.3 is 24.4 Å². The summed E-state index contributed by atoms with van der Waals surface area (Å²) in [5, 5.41) is 7.30. The van der Waals surface area contributed by atoms with E-state index in [1.54, 1.807) is 41.0 Å². The van der Waals surface area contributed by atoms with Gasteiger partial charge in [0.25, 0.3) is 5.92 Å². The number of anilines is 2. The third-order valence-corrected chi connectivity index (χ3v) is 6.54. The second kappa shape index (κ2) is 10.2. The Morgan fingerprint density at radius 2 is 1.98 bits per heavy atom. The quantitative estimate of drug-likeness (QED) is 0.290. The number of piperidine rings is 1. The molecule has 0 saturated carbocycles. The predicted octanol–water partition coefficient (Wildman–Crippen LogP) is 5.24. The number of halogens is 2. The highest BCUT2D eigenvalue weighted by Crippen LogP contribution is 2.42. The van der Waals surface area contributed by atoms with E-state index in [-0.39, 0.29) is 41.2 Å². The van der Waals surface area contributed by atoms with Crippen LogP contribution in [0.4, 0.5) is 20.3 Å². The maximum atomic E-state index is 15.3. The maximum absolute atomic E-state index is 15.3. The number of alkyl halides is 2. The molecule has 0 amide bonds. The van der Waals surface area contributed by atoms with Gasteiger partial charge in [0.05, 0.1) is 28.6 Å². The molecule has 0 radical (unpaired) electrons. The molecule has 12 heteroatoms. The minimum Gasteiger partial charge on any atom is -0.493 e. The van der Waals surface area contributed by atoms with Crippen LogP contribution in [0.1, 0.15) is 20.2 Å². The van der Waals surface area contributed by atoms with Crippen molar-refractivity contribution in [2.75, 3.05) is 32.4 Å². The number of nitrogens with zero attached hydrogens (tertiary/aromatic N) is 6. The summed E-state index contributed by atoms with van der Waals surface area (Å²) in [4.78, 5) is 13.4. The first kappa shape index (κ1) is 19.5. The molecule has 4 heterocycles. The molecule has 1 aliphatic rings. The SMILES string of the molecule is [2H]C([2H])([2H])Oc1ccc2ncnc(Nc3ccc(Oc4ccn5ncnc5c4)c(C)c3)c2c1OC1CCN(C([2H])([2H])[2H])CC1(F)F. The number of benzene rings is 2. The number of hydrogen-bond acceptors (Lipinski definition) is 9. The van der Waals surface area contributed by atoms with E-state index in [1.165, 1.54) is 24.8 Å². The smallest absolute Gasteiger partial charge is 0.296 e. The molecule has 206 valence electrons. The highest BCUT2D eigenvalue weighted by Gasteiger charge is 2.46. The number of methoxy groups -OCH3 is 1. The van der Waals surface area contributed by atoms with Gasteiger partial charge in [-0.15, -0.1) is 0 Å². The molecule has 3 aromatic heterocycles. The highest BCUT2D eigenvalue weighted by atomic mass is 19.3. The number of pyridine rings is 1. The molecule has 1 unspecified atom stereocenters. The van der Waals surface area contributed by atoms with Crippen LogP contribution in [0.25, 0.3) is 16.6 Å². The lowest BCUT2D eigenvalue weighted by atomic mass is 10.0. The fourth-order valence-corrected chi connectivity index (χ4v) is 4.57. The van der Waals surface area contributed by atoms with Gasteiger partial charge in [-0.2, -0.15) is 5.10 Å². The van der Waals surface area contributed by atoms with Crippen molar-refractivity contribution in [3.8, 4) is 23.0 Å². The summed E-state index contributed by atoms with van der Waals surface area (Å²) >= 11 is 0. The van der Waals surface area contributed by atoms with Gasteiger partial charge in [0.1, 0.15) is 30.0 Å². The minimum absolute atomic E-state index is 0.0953. The molecule has 6 rings (SSSR count). The lowest BCUT2D eigenvalue weighted by molar-refractivity contribution is -0.135. The van der Waals surface area contributed by atoms with Gasteiger partial charge in [-0.25, -0.2) is 28.2 Å². The normalized spacial score (nSPS) is 20.0. The molecule has 1 N–H and O–H groups in total. The zero-order valence-corrected chi connectivity index (χ0v) is 21.1. The fraction of sp³-hybridized carbons (Fsp3) is 0.286. The van der Waals surface area contributed by atoms with Crippen molar-refractivity contribution in [2.24, 2.45) is 0 Å². The van der Waals surface area contributed by atoms with Crippen LogP contribution in [-0.4, -0.2) is 68.6 Å². The molecule has 0 aliphatic carbocycles. The first-order valence-electron chi connectivity index (χ1n) is 15.3. The first-order chi connectivity index (χ1) is 21.7. The molecular weight excluding hydrogens is 520 g/mol. The van der Waals surface area contributed by atoms with E-state index in [0.717, 1.165) is 5.56 Å². The third-order valence-electron chi connectivity index (χ3n) is 6.54. The summed E-state index contributed by atoms with van der Waals surface area (Å²) in [6.45, 7) is -2.15. The zero-order valence-electron chi connectivity index (χ0n) is 27.1. The molecule has 40 heavy (non-hydrogen) atoms. The maximum Gasteiger partial charge on any atom is 0.296 e. The van der Waals surface area contributed by atoms with Crippen LogP contribution < -0.4 is 19.5 Å². The Morgan fingerprint density at radius 3 is 2.80 bits per heavy atom. The Balaban J connectivity index is 1.33. The Hall–Kier alpha value is -4.58. The van der Waals surface area contributed by atoms with Crippen molar-refractivity contribution in [3.63, 3.8) is 0 Å². The van der Waals surface area contributed by atoms with E-state index in [2.05, 4.69) is 25.4 Å². The average Bonchev–Trinajstić information content (AvgIpc) is 3.43. The van der Waals surface area contributed by atoms with Crippen LogP contribution in [0, 0.1) is 6.92 Å². The van der Waals surface area contributed by atoms with E-state index < -0.39 is 32.6 Å². The lowest BCUT2D eigenvalue weighted by Crippen LogP contribution is -2.52. The topological polar surface area (TPSA) is 98.9 Å². The van der Waals surface area contributed by atoms with Gasteiger partial charge >= 0.3 is 0 Å². The number of aryl methyl sites for hydroxylation is 1. The number of fused-ring (bicyclic) bond motifs is 2. The Labute approximate surface area is 237 Å². The molecule has 1 fully saturated rings. The van der Waals surface area contributed by atoms with Crippen LogP contribution in [-0.2, 0) is 0 Å². The fourth-order valence-electron chi connectivity index (χ4n) is 4.57. The van der Waals surface area contributed by atoms with Crippen molar-refractivity contribution in [1.29, 1.82) is 0 Å². The average molecular weight is 554 g/mol. The largest absolute Gasteiger partial charge is 0.493 e. The molecule has 1 aliphatic heterocycles. The summed E-state index contributed by atoms with van der Waals surface area (Å²) < 4.78 is 94.8. The molecule has 1 atom stereocenters. The number of rotatable bonds is 7. The standard InChI is InChI=1S/C28H27F2N7O3/c1-17-12-18(4-6-21(17)39-19-8-11-37-24(13-19)32-16-34-37)35-27-25-20(31-15-33-27)5-7-22(38-3)26(25)40-23-9-10-36(2)14-28(23,29)30/h4-8,11-13,15-16,23H,9-10,14H2,1-3H3,(H,31,33,35)/i2D3,3D3. The summed E-state index contributed by atoms with van der Waals surface area (Å²) in [6, 6.07) is 11.4. The first-order valence-corrected chi connectivity index (χ1v) is 12.3. The van der Waals surface area contributed by atoms with Gasteiger partial charge in [0.2, 0.25) is 0 Å². The van der Waals surface area contributed by atoms with Crippen molar-refractivity contribution >= 4 is 28.1 Å². The Morgan fingerprint density at radius 1 is 1.07 bits per heavy atom. The molecule has 0 bridgehead atoms. The number of ether oxygens (including phenoxy) is 3. The number of aromatic nitrogens is 5. The summed E-state index contributed by atoms with van der Waals surface area (Å²) in [5.74, 6) is -3.00. The van der Waals surface area contributed by atoms with E-state index in [9.17, 15) is 0 Å². The molecule has 0 spiro atoms. The zero-order chi connectivity index (χ0) is 32.9. The minimum atomic E-state index is -3.60. The van der Waals surface area contributed by atoms with Crippen molar-refractivity contribution in [3.05, 3.63) is 66.9 Å². The van der Waals surface area contributed by atoms with Crippen LogP contribution in [0.2, 0.25) is 0 Å². The Bertz CT molecular complexity index is 1900. The van der Waals surface area contributed by atoms with Crippen LogP contribution >= 0.6 is 0 Å². The van der Waals surface area contributed by atoms with Gasteiger partial charge in [-0.1, -0.05) is 0 Å². The van der Waals surface area contributed by atoms with Crippen molar-refractivity contribution < 1.29 is 31.2 Å².